The molecule has 126 valence electrons. The van der Waals surface area contributed by atoms with E-state index in [1.165, 1.54) is 22.8 Å². The van der Waals surface area contributed by atoms with Crippen LogP contribution in [0.2, 0.25) is 17.1 Å². The quantitative estimate of drug-likeness (QED) is 0.614. The molecule has 1 aromatic rings. The molecule has 0 aromatic heterocycles. The lowest BCUT2D eigenvalue weighted by Crippen LogP contribution is -2.49. The molecule has 0 unspecified atom stereocenters. The first-order chi connectivity index (χ1) is 10.8. The number of halogens is 1. The molecule has 3 heteroatoms. The average molecular weight is 349 g/mol. The monoisotopic (exact) mass is 348 g/mol. The van der Waals surface area contributed by atoms with Gasteiger partial charge in [-0.15, -0.1) is 0 Å². The van der Waals surface area contributed by atoms with Gasteiger partial charge in [0.05, 0.1) is 12.1 Å². The summed E-state index contributed by atoms with van der Waals surface area (Å²) in [6.07, 6.45) is 7.87. The van der Waals surface area contributed by atoms with E-state index in [0.29, 0.717) is 0 Å². The molecule has 1 aliphatic carbocycles. The molecule has 0 amide bonds. The zero-order valence-electron chi connectivity index (χ0n) is 15.3. The maximum Gasteiger partial charge on any atom is 0.137 e. The van der Waals surface area contributed by atoms with Crippen LogP contribution in [0.4, 0.5) is 0 Å². The molecule has 0 spiro atoms. The fourth-order valence-electron chi connectivity index (χ4n) is 3.65. The second kappa shape index (κ2) is 6.86. The molecule has 1 aromatic carbocycles. The molecule has 23 heavy (non-hydrogen) atoms. The van der Waals surface area contributed by atoms with E-state index in [0.717, 1.165) is 17.2 Å². The zero-order valence-corrected chi connectivity index (χ0v) is 17.1. The van der Waals surface area contributed by atoms with Crippen molar-refractivity contribution in [1.82, 2.24) is 0 Å². The largest absolute Gasteiger partial charge is 0.495 e. The highest BCUT2D eigenvalue weighted by molar-refractivity contribution is 6.98. The van der Waals surface area contributed by atoms with Crippen LogP contribution in [0.15, 0.2) is 35.6 Å². The van der Waals surface area contributed by atoms with E-state index in [1.54, 1.807) is 12.3 Å². The Morgan fingerprint density at radius 2 is 1.83 bits per heavy atom. The van der Waals surface area contributed by atoms with Crippen molar-refractivity contribution < 1.29 is 4.74 Å². The highest BCUT2D eigenvalue weighted by Crippen LogP contribution is 2.37. The lowest BCUT2D eigenvalue weighted by molar-refractivity contribution is 0.417. The summed E-state index contributed by atoms with van der Waals surface area (Å²) in [6, 6.07) is 6.81. The van der Waals surface area contributed by atoms with Gasteiger partial charge in [0.2, 0.25) is 0 Å². The van der Waals surface area contributed by atoms with Gasteiger partial charge in [-0.2, -0.15) is 0 Å². The number of ether oxygens (including phenoxy) is 1. The van der Waals surface area contributed by atoms with E-state index in [-0.39, 0.29) is 5.41 Å². The van der Waals surface area contributed by atoms with Gasteiger partial charge in [-0.3, -0.25) is 0 Å². The molecule has 0 saturated heterocycles. The van der Waals surface area contributed by atoms with Crippen molar-refractivity contribution in [3.63, 3.8) is 0 Å². The van der Waals surface area contributed by atoms with Crippen molar-refractivity contribution in [2.24, 2.45) is 0 Å². The highest BCUT2D eigenvalue weighted by Gasteiger charge is 2.39. The zero-order chi connectivity index (χ0) is 17.3. The SMILES string of the molecule is CC[Si](CC)(C1=CC=CC1)c1cc(C(C)(C)C)cc(Cl)c1OC. The lowest BCUT2D eigenvalue weighted by atomic mass is 9.87. The molecule has 0 aliphatic heterocycles. The summed E-state index contributed by atoms with van der Waals surface area (Å²) in [7, 11) is -0.0611. The van der Waals surface area contributed by atoms with Crippen LogP contribution in [-0.2, 0) is 5.41 Å². The smallest absolute Gasteiger partial charge is 0.137 e. The van der Waals surface area contributed by atoms with Crippen molar-refractivity contribution in [2.75, 3.05) is 7.11 Å². The number of allylic oxidation sites excluding steroid dienone is 4. The first kappa shape index (κ1) is 18.3. The van der Waals surface area contributed by atoms with Crippen molar-refractivity contribution in [3.8, 4) is 5.75 Å². The van der Waals surface area contributed by atoms with Gasteiger partial charge in [0.1, 0.15) is 13.8 Å². The Kier molecular flexibility index (Phi) is 5.47. The van der Waals surface area contributed by atoms with Crippen molar-refractivity contribution in [3.05, 3.63) is 46.1 Å². The minimum atomic E-state index is -1.80. The van der Waals surface area contributed by atoms with Gasteiger partial charge in [0.25, 0.3) is 0 Å². The number of benzene rings is 1. The van der Waals surface area contributed by atoms with Crippen LogP contribution in [-0.4, -0.2) is 15.2 Å². The number of hydrogen-bond donors (Lipinski definition) is 0. The van der Waals surface area contributed by atoms with Gasteiger partial charge in [0, 0.05) is 0 Å². The standard InChI is InChI=1S/C20H29ClOSi/c1-7-23(8-2,16-11-9-10-12-16)18-14-15(20(3,4)5)13-17(21)19(18)22-6/h9-11,13-14H,7-8,12H2,1-6H3. The average Bonchev–Trinajstić information content (AvgIpc) is 3.02. The second-order valence-corrected chi connectivity index (χ2v) is 12.6. The summed E-state index contributed by atoms with van der Waals surface area (Å²) in [5.74, 6) is 0.892. The van der Waals surface area contributed by atoms with Gasteiger partial charge in [0.15, 0.2) is 0 Å². The summed E-state index contributed by atoms with van der Waals surface area (Å²) in [6.45, 7) is 11.4. The Balaban J connectivity index is 2.73. The van der Waals surface area contributed by atoms with Crippen molar-refractivity contribution in [2.45, 2.75) is 58.5 Å². The molecule has 0 fully saturated rings. The van der Waals surface area contributed by atoms with E-state index in [2.05, 4.69) is 65.0 Å². The molecule has 1 nitrogen and oxygen atoms in total. The third-order valence-electron chi connectivity index (χ3n) is 5.22. The van der Waals surface area contributed by atoms with Gasteiger partial charge in [-0.05, 0) is 28.7 Å². The van der Waals surface area contributed by atoms with Gasteiger partial charge in [-0.1, -0.05) is 87.8 Å². The fraction of sp³-hybridized carbons (Fsp3) is 0.500. The summed E-state index contributed by atoms with van der Waals surface area (Å²) >= 11 is 6.63. The minimum absolute atomic E-state index is 0.0780. The van der Waals surface area contributed by atoms with Gasteiger partial charge >= 0.3 is 0 Å². The Morgan fingerprint density at radius 1 is 1.17 bits per heavy atom. The molecule has 0 saturated carbocycles. The number of methoxy groups -OCH3 is 1. The third kappa shape index (κ3) is 3.29. The Bertz CT molecular complexity index is 634. The second-order valence-electron chi connectivity index (χ2n) is 7.40. The molecule has 1 aliphatic rings. The summed E-state index contributed by atoms with van der Waals surface area (Å²) in [4.78, 5) is 0. The normalized spacial score (nSPS) is 15.0. The predicted octanol–water partition coefficient (Wildman–Crippen LogP) is 5.77. The Labute approximate surface area is 147 Å². The molecule has 0 bridgehead atoms. The van der Waals surface area contributed by atoms with E-state index in [1.807, 2.05) is 0 Å². The van der Waals surface area contributed by atoms with E-state index in [9.17, 15) is 0 Å². The summed E-state index contributed by atoms with van der Waals surface area (Å²) in [5.41, 5.74) is 1.37. The molecule has 0 heterocycles. The molecular formula is C20H29ClOSi. The van der Waals surface area contributed by atoms with Gasteiger partial charge in [-0.25, -0.2) is 0 Å². The van der Waals surface area contributed by atoms with Crippen LogP contribution < -0.4 is 9.92 Å². The molecule has 0 atom stereocenters. The summed E-state index contributed by atoms with van der Waals surface area (Å²) < 4.78 is 5.77. The first-order valence-corrected chi connectivity index (χ1v) is 11.3. The van der Waals surface area contributed by atoms with Crippen molar-refractivity contribution >= 4 is 24.9 Å². The topological polar surface area (TPSA) is 9.23 Å². The molecular weight excluding hydrogens is 320 g/mol. The molecule has 0 N–H and O–H groups in total. The predicted molar refractivity (Wildman–Crippen MR) is 105 cm³/mol. The fourth-order valence-corrected chi connectivity index (χ4v) is 8.57. The van der Waals surface area contributed by atoms with Crippen LogP contribution in [0.3, 0.4) is 0 Å². The minimum Gasteiger partial charge on any atom is -0.495 e. The Hall–Kier alpha value is -0.993. The maximum absolute atomic E-state index is 6.63. The summed E-state index contributed by atoms with van der Waals surface area (Å²) in [5, 5.41) is 3.72. The maximum atomic E-state index is 6.63. The highest BCUT2D eigenvalue weighted by atomic mass is 35.5. The van der Waals surface area contributed by atoms with E-state index < -0.39 is 8.07 Å². The van der Waals surface area contributed by atoms with Crippen LogP contribution in [0.25, 0.3) is 0 Å². The van der Waals surface area contributed by atoms with E-state index in [4.69, 9.17) is 16.3 Å². The van der Waals surface area contributed by atoms with Crippen LogP contribution in [0.5, 0.6) is 5.75 Å². The van der Waals surface area contributed by atoms with Gasteiger partial charge < -0.3 is 4.74 Å². The number of hydrogen-bond acceptors (Lipinski definition) is 1. The van der Waals surface area contributed by atoms with Crippen LogP contribution in [0.1, 0.15) is 46.6 Å². The molecule has 0 radical (unpaired) electrons. The number of rotatable bonds is 5. The Morgan fingerprint density at radius 3 is 2.26 bits per heavy atom. The molecule has 2 rings (SSSR count). The van der Waals surface area contributed by atoms with Crippen molar-refractivity contribution in [1.29, 1.82) is 0 Å². The lowest BCUT2D eigenvalue weighted by Gasteiger charge is -2.35. The van der Waals surface area contributed by atoms with Crippen LogP contribution >= 0.6 is 11.6 Å². The first-order valence-electron chi connectivity index (χ1n) is 8.54. The third-order valence-corrected chi connectivity index (χ3v) is 10.9. The van der Waals surface area contributed by atoms with E-state index >= 15 is 0 Å². The van der Waals surface area contributed by atoms with Crippen LogP contribution in [0, 0.1) is 0 Å².